The van der Waals surface area contributed by atoms with Gasteiger partial charge in [0.05, 0.1) is 0 Å². The Kier molecular flexibility index (Phi) is 6.03. The quantitative estimate of drug-likeness (QED) is 0.652. The summed E-state index contributed by atoms with van der Waals surface area (Å²) in [5.74, 6) is -0.497. The number of carbonyl (C=O) groups excluding carboxylic acids is 1. The van der Waals surface area contributed by atoms with Crippen LogP contribution in [0.5, 0.6) is 5.75 Å². The van der Waals surface area contributed by atoms with E-state index in [9.17, 15) is 13.6 Å². The number of nitrogens with one attached hydrogen (secondary N) is 1. The van der Waals surface area contributed by atoms with Crippen LogP contribution in [0.25, 0.3) is 6.08 Å². The van der Waals surface area contributed by atoms with Crippen molar-refractivity contribution in [2.24, 2.45) is 0 Å². The molecule has 1 N–H and O–H groups in total. The minimum absolute atomic E-state index is 0.00851. The van der Waals surface area contributed by atoms with Gasteiger partial charge in [0.1, 0.15) is 17.4 Å². The number of alkyl halides is 2. The molecule has 1 amide bonds. The molecule has 0 saturated heterocycles. The van der Waals surface area contributed by atoms with E-state index in [1.807, 2.05) is 36.4 Å². The molecule has 0 radical (unpaired) electrons. The van der Waals surface area contributed by atoms with Crippen LogP contribution >= 0.6 is 0 Å². The van der Waals surface area contributed by atoms with Gasteiger partial charge in [0.15, 0.2) is 0 Å². The van der Waals surface area contributed by atoms with Gasteiger partial charge in [0.25, 0.3) is 5.91 Å². The Morgan fingerprint density at radius 2 is 1.83 bits per heavy atom. The number of nitrogens with zero attached hydrogens (tertiary/aromatic N) is 1. The summed E-state index contributed by atoms with van der Waals surface area (Å²) in [5, 5.41) is 11.8. The second-order valence-corrected chi connectivity index (χ2v) is 4.79. The highest BCUT2D eigenvalue weighted by Crippen LogP contribution is 2.16. The molecule has 0 aromatic heterocycles. The summed E-state index contributed by atoms with van der Waals surface area (Å²) in [7, 11) is 0. The van der Waals surface area contributed by atoms with Gasteiger partial charge in [-0.25, -0.2) is 0 Å². The van der Waals surface area contributed by atoms with E-state index in [4.69, 9.17) is 5.26 Å². The van der Waals surface area contributed by atoms with E-state index in [2.05, 4.69) is 10.1 Å². The van der Waals surface area contributed by atoms with Crippen molar-refractivity contribution >= 4 is 12.0 Å². The largest absolute Gasteiger partial charge is 0.435 e. The lowest BCUT2D eigenvalue weighted by molar-refractivity contribution is -0.117. The summed E-state index contributed by atoms with van der Waals surface area (Å²) in [6, 6.07) is 16.8. The van der Waals surface area contributed by atoms with Crippen LogP contribution in [0.4, 0.5) is 8.78 Å². The predicted molar refractivity (Wildman–Crippen MR) is 85.0 cm³/mol. The van der Waals surface area contributed by atoms with Crippen molar-refractivity contribution < 1.29 is 18.3 Å². The smallest absolute Gasteiger partial charge is 0.387 e. The molecule has 0 aliphatic rings. The van der Waals surface area contributed by atoms with Gasteiger partial charge in [-0.2, -0.15) is 14.0 Å². The molecule has 4 nitrogen and oxygen atoms in total. The molecule has 2 aromatic rings. The zero-order valence-electron chi connectivity index (χ0n) is 12.6. The van der Waals surface area contributed by atoms with Gasteiger partial charge in [-0.15, -0.1) is 0 Å². The Morgan fingerprint density at radius 1 is 1.17 bits per heavy atom. The Hall–Kier alpha value is -3.20. The summed E-state index contributed by atoms with van der Waals surface area (Å²) in [4.78, 5) is 12.0. The number of hydrogen-bond acceptors (Lipinski definition) is 3. The monoisotopic (exact) mass is 328 g/mol. The molecule has 0 fully saturated rings. The van der Waals surface area contributed by atoms with E-state index in [0.29, 0.717) is 12.1 Å². The molecule has 24 heavy (non-hydrogen) atoms. The van der Waals surface area contributed by atoms with Crippen molar-refractivity contribution in [3.05, 3.63) is 71.3 Å². The number of nitriles is 1. The van der Waals surface area contributed by atoms with Gasteiger partial charge in [0, 0.05) is 6.54 Å². The summed E-state index contributed by atoms with van der Waals surface area (Å²) >= 11 is 0. The number of ether oxygens (including phenoxy) is 1. The molecule has 0 heterocycles. The van der Waals surface area contributed by atoms with Gasteiger partial charge in [0.2, 0.25) is 0 Å². The van der Waals surface area contributed by atoms with Crippen molar-refractivity contribution in [1.29, 1.82) is 5.26 Å². The SMILES string of the molecule is N#CC(=Cc1ccc(OC(F)F)cc1)C(=O)NCc1ccccc1. The lowest BCUT2D eigenvalue weighted by atomic mass is 10.1. The highest BCUT2D eigenvalue weighted by atomic mass is 19.3. The van der Waals surface area contributed by atoms with Crippen molar-refractivity contribution in [2.45, 2.75) is 13.2 Å². The molecule has 0 aliphatic heterocycles. The first-order valence-electron chi connectivity index (χ1n) is 7.07. The van der Waals surface area contributed by atoms with Crippen LogP contribution < -0.4 is 10.1 Å². The van der Waals surface area contributed by atoms with E-state index in [1.54, 1.807) is 0 Å². The Morgan fingerprint density at radius 3 is 2.42 bits per heavy atom. The zero-order valence-corrected chi connectivity index (χ0v) is 12.6. The normalized spacial score (nSPS) is 11.0. The molecule has 0 bridgehead atoms. The van der Waals surface area contributed by atoms with Crippen LogP contribution in [-0.2, 0) is 11.3 Å². The molecule has 0 aliphatic carbocycles. The Bertz CT molecular complexity index is 751. The van der Waals surface area contributed by atoms with Crippen molar-refractivity contribution in [3.63, 3.8) is 0 Å². The predicted octanol–water partition coefficient (Wildman–Crippen LogP) is 3.51. The highest BCUT2D eigenvalue weighted by Gasteiger charge is 2.09. The molecule has 0 atom stereocenters. The van der Waals surface area contributed by atoms with Gasteiger partial charge in [-0.1, -0.05) is 42.5 Å². The molecule has 2 rings (SSSR count). The van der Waals surface area contributed by atoms with E-state index >= 15 is 0 Å². The second-order valence-electron chi connectivity index (χ2n) is 4.79. The average molecular weight is 328 g/mol. The van der Waals surface area contributed by atoms with E-state index in [0.717, 1.165) is 5.56 Å². The van der Waals surface area contributed by atoms with E-state index in [1.165, 1.54) is 30.3 Å². The maximum atomic E-state index is 12.1. The van der Waals surface area contributed by atoms with Crippen molar-refractivity contribution in [3.8, 4) is 11.8 Å². The van der Waals surface area contributed by atoms with Gasteiger partial charge in [-0.3, -0.25) is 4.79 Å². The summed E-state index contributed by atoms with van der Waals surface area (Å²) < 4.78 is 28.4. The minimum atomic E-state index is -2.90. The van der Waals surface area contributed by atoms with Gasteiger partial charge in [-0.05, 0) is 29.3 Å². The second kappa shape index (κ2) is 8.44. The molecule has 0 unspecified atom stereocenters. The number of halogens is 2. The number of amides is 1. The maximum Gasteiger partial charge on any atom is 0.387 e. The molecule has 122 valence electrons. The van der Waals surface area contributed by atoms with Crippen LogP contribution in [0.15, 0.2) is 60.2 Å². The molecule has 0 saturated carbocycles. The first kappa shape index (κ1) is 17.2. The fourth-order valence-electron chi connectivity index (χ4n) is 1.93. The minimum Gasteiger partial charge on any atom is -0.435 e. The average Bonchev–Trinajstić information content (AvgIpc) is 2.59. The third-order valence-corrected chi connectivity index (χ3v) is 3.08. The van der Waals surface area contributed by atoms with Crippen LogP contribution in [0.1, 0.15) is 11.1 Å². The summed E-state index contributed by atoms with van der Waals surface area (Å²) in [6.07, 6.45) is 1.38. The molecule has 0 spiro atoms. The summed E-state index contributed by atoms with van der Waals surface area (Å²) in [6.45, 7) is -2.59. The van der Waals surface area contributed by atoms with Gasteiger partial charge >= 0.3 is 6.61 Å². The first-order chi connectivity index (χ1) is 11.6. The summed E-state index contributed by atoms with van der Waals surface area (Å²) in [5.41, 5.74) is 1.37. The van der Waals surface area contributed by atoms with E-state index in [-0.39, 0.29) is 11.3 Å². The number of hydrogen-bond donors (Lipinski definition) is 1. The zero-order chi connectivity index (χ0) is 17.4. The number of rotatable bonds is 6. The van der Waals surface area contributed by atoms with Crippen molar-refractivity contribution in [1.82, 2.24) is 5.32 Å². The fourth-order valence-corrected chi connectivity index (χ4v) is 1.93. The molecule has 6 heteroatoms. The third kappa shape index (κ3) is 5.21. The van der Waals surface area contributed by atoms with Gasteiger partial charge < -0.3 is 10.1 Å². The van der Waals surface area contributed by atoms with Crippen LogP contribution in [-0.4, -0.2) is 12.5 Å². The molecule has 2 aromatic carbocycles. The third-order valence-electron chi connectivity index (χ3n) is 3.08. The van der Waals surface area contributed by atoms with Crippen LogP contribution in [0.3, 0.4) is 0 Å². The lowest BCUT2D eigenvalue weighted by Crippen LogP contribution is -2.23. The number of benzene rings is 2. The molecular formula is C18H14F2N2O2. The standard InChI is InChI=1S/C18H14F2N2O2/c19-18(20)24-16-8-6-13(7-9-16)10-15(11-21)17(23)22-12-14-4-2-1-3-5-14/h1-10,18H,12H2,(H,22,23). The Labute approximate surface area is 138 Å². The topological polar surface area (TPSA) is 62.1 Å². The highest BCUT2D eigenvalue weighted by molar-refractivity contribution is 6.01. The number of carbonyl (C=O) groups is 1. The van der Waals surface area contributed by atoms with Crippen molar-refractivity contribution in [2.75, 3.05) is 0 Å². The Balaban J connectivity index is 2.02. The molecular weight excluding hydrogens is 314 g/mol. The van der Waals surface area contributed by atoms with E-state index < -0.39 is 12.5 Å². The van der Waals surface area contributed by atoms with Crippen LogP contribution in [0.2, 0.25) is 0 Å². The fraction of sp³-hybridized carbons (Fsp3) is 0.111. The maximum absolute atomic E-state index is 12.1. The van der Waals surface area contributed by atoms with Crippen LogP contribution in [0, 0.1) is 11.3 Å². The lowest BCUT2D eigenvalue weighted by Gasteiger charge is -2.05. The first-order valence-corrected chi connectivity index (χ1v) is 7.07.